The summed E-state index contributed by atoms with van der Waals surface area (Å²) in [6, 6.07) is 14.9. The zero-order valence-electron chi connectivity index (χ0n) is 29.6. The second-order valence-electron chi connectivity index (χ2n) is 14.7. The molecule has 0 radical (unpaired) electrons. The molecule has 12 heteroatoms. The summed E-state index contributed by atoms with van der Waals surface area (Å²) in [6.45, 7) is 5.88. The first-order valence-electron chi connectivity index (χ1n) is 17.2. The molecule has 3 heterocycles. The highest BCUT2D eigenvalue weighted by atomic mass is 32.2. The topological polar surface area (TPSA) is 127 Å². The standard InChI is InChI=1S/C39H44F2N4O5S/c1-38(2)16-7-17-39(3,26-9-6-8-24(20-26)10-13-33(46)50-5)37-43-36(45(4)44-37)29-21-25(11-12-30(29)40)35(47)34-28(15-19-51(48,49)23-38)27-14-18-42-32(27)22-31(34)41/h6,8-9,11-12,14,18,20-22,35,42,47H,7,10,13,15-17,19,23H2,1-5H3. The van der Waals surface area contributed by atoms with Crippen LogP contribution in [0.3, 0.4) is 0 Å². The van der Waals surface area contributed by atoms with E-state index in [0.29, 0.717) is 48.0 Å². The normalized spacial score (nSPS) is 20.7. The molecule has 1 aliphatic rings. The molecule has 2 N–H and O–H groups in total. The molecule has 2 aromatic heterocycles. The molecule has 270 valence electrons. The molecule has 1 aliphatic heterocycles. The van der Waals surface area contributed by atoms with Crippen molar-refractivity contribution in [3.05, 3.63) is 106 Å². The van der Waals surface area contributed by atoms with Gasteiger partial charge in [0.1, 0.15) is 17.7 Å². The summed E-state index contributed by atoms with van der Waals surface area (Å²) in [5.74, 6) is -1.24. The number of benzene rings is 3. The number of nitrogens with one attached hydrogen (secondary N) is 1. The molecule has 0 spiro atoms. The average molecular weight is 719 g/mol. The number of nitrogens with zero attached hydrogens (tertiary/aromatic N) is 3. The Bertz CT molecular complexity index is 2210. The Labute approximate surface area is 297 Å². The Balaban J connectivity index is 1.51. The first-order valence-corrected chi connectivity index (χ1v) is 19.0. The van der Waals surface area contributed by atoms with Crippen molar-refractivity contribution in [3.8, 4) is 11.4 Å². The minimum absolute atomic E-state index is 0.0119. The smallest absolute Gasteiger partial charge is 0.305 e. The van der Waals surface area contributed by atoms with Crippen LogP contribution in [0.1, 0.15) is 86.2 Å². The number of aromatic nitrogens is 4. The number of aromatic amines is 1. The minimum Gasteiger partial charge on any atom is -0.469 e. The molecule has 5 aromatic rings. The molecule has 51 heavy (non-hydrogen) atoms. The SMILES string of the molecule is COC(=O)CCc1cccc(C2(C)CCCC(C)(C)CS(=O)(=O)CCc3c(c(F)cc4[nH]ccc34)C(O)c3ccc(F)c(c3)-c3nc2nn3C)c1. The molecule has 0 aliphatic carbocycles. The van der Waals surface area contributed by atoms with E-state index in [0.717, 1.165) is 11.1 Å². The van der Waals surface area contributed by atoms with Crippen LogP contribution in [0.15, 0.2) is 60.8 Å². The molecule has 0 saturated carbocycles. The molecular formula is C39H44F2N4O5S. The van der Waals surface area contributed by atoms with Crippen LogP contribution >= 0.6 is 0 Å². The van der Waals surface area contributed by atoms with E-state index in [1.807, 2.05) is 45.0 Å². The lowest BCUT2D eigenvalue weighted by Gasteiger charge is -2.31. The molecule has 3 aromatic carbocycles. The number of H-pyrrole nitrogens is 1. The average Bonchev–Trinajstić information content (AvgIpc) is 3.71. The highest BCUT2D eigenvalue weighted by Gasteiger charge is 2.36. The second kappa shape index (κ2) is 14.0. The third-order valence-corrected chi connectivity index (χ3v) is 12.3. The number of halogens is 2. The zero-order valence-corrected chi connectivity index (χ0v) is 30.4. The van der Waals surface area contributed by atoms with Crippen molar-refractivity contribution in [3.63, 3.8) is 0 Å². The summed E-state index contributed by atoms with van der Waals surface area (Å²) >= 11 is 0. The van der Waals surface area contributed by atoms with Crippen molar-refractivity contribution in [1.29, 1.82) is 0 Å². The van der Waals surface area contributed by atoms with Crippen molar-refractivity contribution in [2.75, 3.05) is 18.6 Å². The van der Waals surface area contributed by atoms with Gasteiger partial charge in [-0.05, 0) is 84.5 Å². The van der Waals surface area contributed by atoms with E-state index in [1.54, 1.807) is 19.3 Å². The summed E-state index contributed by atoms with van der Waals surface area (Å²) in [5.41, 5.74) is 1.58. The third kappa shape index (κ3) is 7.48. The van der Waals surface area contributed by atoms with Gasteiger partial charge in [-0.2, -0.15) is 5.10 Å². The maximum Gasteiger partial charge on any atom is 0.305 e. The fourth-order valence-electron chi connectivity index (χ4n) is 7.45. The molecule has 2 atom stereocenters. The van der Waals surface area contributed by atoms with Gasteiger partial charge < -0.3 is 14.8 Å². The Morgan fingerprint density at radius 2 is 1.86 bits per heavy atom. The van der Waals surface area contributed by atoms with E-state index >= 15 is 8.78 Å². The van der Waals surface area contributed by atoms with Crippen molar-refractivity contribution in [1.82, 2.24) is 19.7 Å². The van der Waals surface area contributed by atoms with Crippen LogP contribution in [0, 0.1) is 17.0 Å². The largest absolute Gasteiger partial charge is 0.469 e. The lowest BCUT2D eigenvalue weighted by molar-refractivity contribution is -0.140. The van der Waals surface area contributed by atoms with Gasteiger partial charge in [0.25, 0.3) is 0 Å². The monoisotopic (exact) mass is 718 g/mol. The summed E-state index contributed by atoms with van der Waals surface area (Å²) in [4.78, 5) is 19.8. The number of hydrogen-bond acceptors (Lipinski definition) is 7. The number of sulfone groups is 1. The summed E-state index contributed by atoms with van der Waals surface area (Å²) in [6.07, 6.45) is 2.57. The molecule has 9 nitrogen and oxygen atoms in total. The third-order valence-electron chi connectivity index (χ3n) is 10.2. The minimum atomic E-state index is -3.63. The van der Waals surface area contributed by atoms with E-state index < -0.39 is 38.4 Å². The highest BCUT2D eigenvalue weighted by Crippen LogP contribution is 2.40. The van der Waals surface area contributed by atoms with Crippen LogP contribution in [0.25, 0.3) is 22.3 Å². The summed E-state index contributed by atoms with van der Waals surface area (Å²) in [7, 11) is -0.592. The number of carbonyl (C=O) groups is 1. The van der Waals surface area contributed by atoms with Gasteiger partial charge in [0, 0.05) is 36.1 Å². The predicted molar refractivity (Wildman–Crippen MR) is 192 cm³/mol. The van der Waals surface area contributed by atoms with Crippen LogP contribution in [0.4, 0.5) is 8.78 Å². The van der Waals surface area contributed by atoms with Gasteiger partial charge in [-0.15, -0.1) is 0 Å². The highest BCUT2D eigenvalue weighted by molar-refractivity contribution is 7.91. The fourth-order valence-corrected chi connectivity index (χ4v) is 9.44. The fraction of sp³-hybridized carbons (Fsp3) is 0.410. The Hall–Kier alpha value is -4.42. The van der Waals surface area contributed by atoms with Gasteiger partial charge in [-0.3, -0.25) is 4.79 Å². The molecule has 0 fully saturated rings. The van der Waals surface area contributed by atoms with Gasteiger partial charge >= 0.3 is 5.97 Å². The van der Waals surface area contributed by atoms with Crippen LogP contribution in [0.5, 0.6) is 0 Å². The number of methoxy groups -OCH3 is 1. The maximum atomic E-state index is 15.9. The lowest BCUT2D eigenvalue weighted by Crippen LogP contribution is -2.29. The number of fused-ring (bicyclic) bond motifs is 8. The van der Waals surface area contributed by atoms with E-state index in [9.17, 15) is 18.3 Å². The van der Waals surface area contributed by atoms with E-state index in [2.05, 4.69) is 4.98 Å². The Kier molecular flexibility index (Phi) is 9.95. The number of hydrogen-bond donors (Lipinski definition) is 2. The van der Waals surface area contributed by atoms with Crippen LogP contribution in [-0.4, -0.2) is 57.9 Å². The summed E-state index contributed by atoms with van der Waals surface area (Å²) in [5, 5.41) is 17.2. The van der Waals surface area contributed by atoms with Crippen LogP contribution in [0.2, 0.25) is 0 Å². The van der Waals surface area contributed by atoms with Gasteiger partial charge in [0.2, 0.25) is 0 Å². The quantitative estimate of drug-likeness (QED) is 0.194. The van der Waals surface area contributed by atoms with Crippen molar-refractivity contribution < 1.29 is 31.8 Å². The Morgan fingerprint density at radius 3 is 2.63 bits per heavy atom. The van der Waals surface area contributed by atoms with Crippen LogP contribution in [-0.2, 0) is 44.7 Å². The molecule has 0 saturated heterocycles. The Morgan fingerprint density at radius 1 is 1.08 bits per heavy atom. The number of esters is 1. The van der Waals surface area contributed by atoms with Crippen LogP contribution < -0.4 is 0 Å². The van der Waals surface area contributed by atoms with Crippen molar-refractivity contribution in [2.45, 2.75) is 70.8 Å². The van der Waals surface area contributed by atoms with Gasteiger partial charge in [0.15, 0.2) is 21.5 Å². The van der Waals surface area contributed by atoms with E-state index in [-0.39, 0.29) is 52.8 Å². The predicted octanol–water partition coefficient (Wildman–Crippen LogP) is 6.90. The molecule has 2 unspecified atom stereocenters. The molecule has 0 amide bonds. The second-order valence-corrected chi connectivity index (χ2v) is 16.9. The number of aliphatic hydroxyl groups excluding tert-OH is 1. The number of ether oxygens (including phenoxy) is 1. The lowest BCUT2D eigenvalue weighted by atomic mass is 9.75. The zero-order chi connectivity index (χ0) is 36.7. The molecular weight excluding hydrogens is 675 g/mol. The van der Waals surface area contributed by atoms with E-state index in [1.165, 1.54) is 36.1 Å². The van der Waals surface area contributed by atoms with Gasteiger partial charge in [-0.25, -0.2) is 26.9 Å². The van der Waals surface area contributed by atoms with Crippen molar-refractivity contribution in [2.24, 2.45) is 12.5 Å². The number of rotatable bonds is 4. The summed E-state index contributed by atoms with van der Waals surface area (Å²) < 4.78 is 65.3. The first kappa shape index (κ1) is 36.4. The molecule has 4 bridgehead atoms. The van der Waals surface area contributed by atoms with E-state index in [4.69, 9.17) is 14.8 Å². The van der Waals surface area contributed by atoms with Crippen molar-refractivity contribution >= 4 is 26.7 Å². The number of aryl methyl sites for hydroxylation is 3. The maximum absolute atomic E-state index is 15.9. The van der Waals surface area contributed by atoms with Gasteiger partial charge in [-0.1, -0.05) is 50.6 Å². The van der Waals surface area contributed by atoms with Gasteiger partial charge in [0.05, 0.1) is 29.6 Å². The first-order chi connectivity index (χ1) is 24.1. The molecule has 6 rings (SSSR count). The number of carbonyl (C=O) groups excluding carboxylic acids is 1. The number of aliphatic hydroxyl groups is 1.